The standard InChI is InChI=1S/C17H24ClN3O3/c1-11(2)21(17(24)13(4)18)10-16(23)19-9-15(22)20-14-7-5-12(3)6-8-14/h5-8,11,13H,9-10H2,1-4H3,(H,19,23)(H,20,22)/t13-/m1/s1. The van der Waals surface area contributed by atoms with Crippen molar-refractivity contribution in [3.05, 3.63) is 29.8 Å². The van der Waals surface area contributed by atoms with E-state index in [9.17, 15) is 14.4 Å². The molecule has 0 bridgehead atoms. The number of nitrogens with one attached hydrogen (secondary N) is 2. The second-order valence-electron chi connectivity index (χ2n) is 5.87. The molecule has 0 radical (unpaired) electrons. The Morgan fingerprint density at radius 1 is 1.08 bits per heavy atom. The molecule has 1 atom stereocenters. The summed E-state index contributed by atoms with van der Waals surface area (Å²) in [5.74, 6) is -1.06. The van der Waals surface area contributed by atoms with E-state index in [-0.39, 0.29) is 30.9 Å². The SMILES string of the molecule is Cc1ccc(NC(=O)CNC(=O)CN(C(=O)[C@@H](C)Cl)C(C)C)cc1. The van der Waals surface area contributed by atoms with Gasteiger partial charge < -0.3 is 15.5 Å². The lowest BCUT2D eigenvalue weighted by atomic mass is 10.2. The minimum Gasteiger partial charge on any atom is -0.345 e. The molecule has 2 N–H and O–H groups in total. The third-order valence-electron chi connectivity index (χ3n) is 3.34. The van der Waals surface area contributed by atoms with E-state index >= 15 is 0 Å². The summed E-state index contributed by atoms with van der Waals surface area (Å²) in [7, 11) is 0. The van der Waals surface area contributed by atoms with Gasteiger partial charge in [0.25, 0.3) is 0 Å². The molecule has 0 heterocycles. The van der Waals surface area contributed by atoms with Crippen LogP contribution in [0.5, 0.6) is 0 Å². The second kappa shape index (κ2) is 9.27. The fraction of sp³-hybridized carbons (Fsp3) is 0.471. The molecule has 0 aromatic heterocycles. The van der Waals surface area contributed by atoms with Crippen LogP contribution in [0.4, 0.5) is 5.69 Å². The predicted octanol–water partition coefficient (Wildman–Crippen LogP) is 1.91. The van der Waals surface area contributed by atoms with E-state index in [1.54, 1.807) is 32.9 Å². The van der Waals surface area contributed by atoms with Crippen LogP contribution in [0.15, 0.2) is 24.3 Å². The van der Waals surface area contributed by atoms with Crippen molar-refractivity contribution in [2.45, 2.75) is 39.1 Å². The molecule has 0 aliphatic heterocycles. The second-order valence-corrected chi connectivity index (χ2v) is 6.52. The number of hydrogen-bond donors (Lipinski definition) is 2. The van der Waals surface area contributed by atoms with Crippen molar-refractivity contribution in [3.63, 3.8) is 0 Å². The van der Waals surface area contributed by atoms with Gasteiger partial charge >= 0.3 is 0 Å². The lowest BCUT2D eigenvalue weighted by molar-refractivity contribution is -0.137. The molecule has 0 fully saturated rings. The Labute approximate surface area is 147 Å². The maximum absolute atomic E-state index is 12.0. The first kappa shape index (κ1) is 20.0. The maximum Gasteiger partial charge on any atom is 0.243 e. The molecule has 1 aromatic rings. The number of halogens is 1. The largest absolute Gasteiger partial charge is 0.345 e. The first-order valence-electron chi connectivity index (χ1n) is 7.78. The molecule has 0 saturated heterocycles. The summed E-state index contributed by atoms with van der Waals surface area (Å²) in [6, 6.07) is 7.18. The van der Waals surface area contributed by atoms with Crippen LogP contribution < -0.4 is 10.6 Å². The van der Waals surface area contributed by atoms with Gasteiger partial charge in [-0.3, -0.25) is 14.4 Å². The number of amides is 3. The first-order valence-corrected chi connectivity index (χ1v) is 8.22. The number of carbonyl (C=O) groups excluding carboxylic acids is 3. The highest BCUT2D eigenvalue weighted by atomic mass is 35.5. The normalized spacial score (nSPS) is 11.8. The van der Waals surface area contributed by atoms with Gasteiger partial charge in [-0.1, -0.05) is 17.7 Å². The molecule has 132 valence electrons. The van der Waals surface area contributed by atoms with E-state index < -0.39 is 11.3 Å². The van der Waals surface area contributed by atoms with E-state index in [1.807, 2.05) is 19.1 Å². The summed E-state index contributed by atoms with van der Waals surface area (Å²) in [6.45, 7) is 6.82. The Morgan fingerprint density at radius 3 is 2.17 bits per heavy atom. The molecule has 0 saturated carbocycles. The predicted molar refractivity (Wildman–Crippen MR) is 95.0 cm³/mol. The van der Waals surface area contributed by atoms with Crippen molar-refractivity contribution in [1.82, 2.24) is 10.2 Å². The van der Waals surface area contributed by atoms with Crippen LogP contribution in [0.3, 0.4) is 0 Å². The number of alkyl halides is 1. The van der Waals surface area contributed by atoms with Crippen molar-refractivity contribution in [3.8, 4) is 0 Å². The molecule has 24 heavy (non-hydrogen) atoms. The summed E-state index contributed by atoms with van der Waals surface area (Å²) >= 11 is 5.79. The molecular formula is C17H24ClN3O3. The van der Waals surface area contributed by atoms with Gasteiger partial charge in [0.15, 0.2) is 0 Å². The fourth-order valence-corrected chi connectivity index (χ4v) is 2.10. The van der Waals surface area contributed by atoms with E-state index in [0.717, 1.165) is 5.56 Å². The van der Waals surface area contributed by atoms with Crippen LogP contribution in [-0.4, -0.2) is 47.1 Å². The molecule has 6 nitrogen and oxygen atoms in total. The van der Waals surface area contributed by atoms with E-state index in [4.69, 9.17) is 11.6 Å². The van der Waals surface area contributed by atoms with Crippen LogP contribution in [-0.2, 0) is 14.4 Å². The smallest absolute Gasteiger partial charge is 0.243 e. The number of rotatable bonds is 7. The topological polar surface area (TPSA) is 78.5 Å². The number of carbonyl (C=O) groups is 3. The Hall–Kier alpha value is -2.08. The summed E-state index contributed by atoms with van der Waals surface area (Å²) in [6.07, 6.45) is 0. The Morgan fingerprint density at radius 2 is 1.67 bits per heavy atom. The first-order chi connectivity index (χ1) is 11.2. The molecule has 3 amide bonds. The quantitative estimate of drug-likeness (QED) is 0.735. The van der Waals surface area contributed by atoms with Gasteiger partial charge in [-0.2, -0.15) is 0 Å². The summed E-state index contributed by atoms with van der Waals surface area (Å²) in [5, 5.41) is 4.49. The number of hydrogen-bond acceptors (Lipinski definition) is 3. The van der Waals surface area contributed by atoms with Crippen LogP contribution in [0.2, 0.25) is 0 Å². The van der Waals surface area contributed by atoms with Crippen molar-refractivity contribution in [2.24, 2.45) is 0 Å². The molecule has 0 aliphatic carbocycles. The minimum atomic E-state index is -0.704. The van der Waals surface area contributed by atoms with Crippen LogP contribution in [0, 0.1) is 6.92 Å². The molecular weight excluding hydrogens is 330 g/mol. The maximum atomic E-state index is 12.0. The molecule has 0 unspecified atom stereocenters. The van der Waals surface area contributed by atoms with Gasteiger partial charge in [-0.05, 0) is 39.8 Å². The monoisotopic (exact) mass is 353 g/mol. The zero-order valence-electron chi connectivity index (χ0n) is 14.4. The van der Waals surface area contributed by atoms with Crippen LogP contribution >= 0.6 is 11.6 Å². The fourth-order valence-electron chi connectivity index (χ4n) is 1.98. The average Bonchev–Trinajstić information content (AvgIpc) is 2.51. The van der Waals surface area contributed by atoms with Crippen molar-refractivity contribution in [2.75, 3.05) is 18.4 Å². The molecule has 7 heteroatoms. The molecule has 1 aromatic carbocycles. The summed E-state index contributed by atoms with van der Waals surface area (Å²) in [5.41, 5.74) is 1.75. The Kier molecular flexibility index (Phi) is 7.71. The highest BCUT2D eigenvalue weighted by Crippen LogP contribution is 2.08. The average molecular weight is 354 g/mol. The Bertz CT molecular complexity index is 585. The number of nitrogens with zero attached hydrogens (tertiary/aromatic N) is 1. The van der Waals surface area contributed by atoms with E-state index in [1.165, 1.54) is 4.90 Å². The summed E-state index contributed by atoms with van der Waals surface area (Å²) in [4.78, 5) is 37.1. The highest BCUT2D eigenvalue weighted by molar-refractivity contribution is 6.30. The molecule has 1 rings (SSSR count). The van der Waals surface area contributed by atoms with Crippen molar-refractivity contribution >= 4 is 35.0 Å². The zero-order chi connectivity index (χ0) is 18.3. The van der Waals surface area contributed by atoms with Crippen LogP contribution in [0.25, 0.3) is 0 Å². The van der Waals surface area contributed by atoms with Gasteiger partial charge in [-0.15, -0.1) is 11.6 Å². The molecule has 0 spiro atoms. The van der Waals surface area contributed by atoms with Gasteiger partial charge in [-0.25, -0.2) is 0 Å². The van der Waals surface area contributed by atoms with Gasteiger partial charge in [0.2, 0.25) is 17.7 Å². The molecule has 0 aliphatic rings. The third-order valence-corrected chi connectivity index (χ3v) is 3.53. The van der Waals surface area contributed by atoms with Gasteiger partial charge in [0.05, 0.1) is 13.1 Å². The lowest BCUT2D eigenvalue weighted by Crippen LogP contribution is -2.47. The van der Waals surface area contributed by atoms with Crippen molar-refractivity contribution < 1.29 is 14.4 Å². The van der Waals surface area contributed by atoms with E-state index in [2.05, 4.69) is 10.6 Å². The Balaban J connectivity index is 2.48. The number of anilines is 1. The lowest BCUT2D eigenvalue weighted by Gasteiger charge is -2.27. The van der Waals surface area contributed by atoms with Crippen molar-refractivity contribution in [1.29, 1.82) is 0 Å². The van der Waals surface area contributed by atoms with E-state index in [0.29, 0.717) is 5.69 Å². The number of benzene rings is 1. The minimum absolute atomic E-state index is 0.134. The third kappa shape index (κ3) is 6.58. The van der Waals surface area contributed by atoms with Crippen LogP contribution in [0.1, 0.15) is 26.3 Å². The zero-order valence-corrected chi connectivity index (χ0v) is 15.2. The summed E-state index contributed by atoms with van der Waals surface area (Å²) < 4.78 is 0. The van der Waals surface area contributed by atoms with Gasteiger partial charge in [0.1, 0.15) is 5.38 Å². The highest BCUT2D eigenvalue weighted by Gasteiger charge is 2.23. The van der Waals surface area contributed by atoms with Gasteiger partial charge in [0, 0.05) is 11.7 Å². The number of aryl methyl sites for hydroxylation is 1.